The number of para-hydroxylation sites is 1. The van der Waals surface area contributed by atoms with E-state index in [1.165, 1.54) is 0 Å². The fraction of sp³-hybridized carbons (Fsp3) is 0.222. The predicted octanol–water partition coefficient (Wildman–Crippen LogP) is 4.36. The fourth-order valence-corrected chi connectivity index (χ4v) is 4.06. The number of fused-ring (bicyclic) bond motifs is 1. The summed E-state index contributed by atoms with van der Waals surface area (Å²) in [5.41, 5.74) is 4.34. The number of benzene rings is 3. The van der Waals surface area contributed by atoms with E-state index in [0.29, 0.717) is 13.0 Å². The lowest BCUT2D eigenvalue weighted by molar-refractivity contribution is -0.126. The van der Waals surface area contributed by atoms with Crippen molar-refractivity contribution in [1.29, 1.82) is 0 Å². The molecule has 32 heavy (non-hydrogen) atoms. The van der Waals surface area contributed by atoms with Crippen LogP contribution in [0.1, 0.15) is 36.5 Å². The smallest absolute Gasteiger partial charge is 0.249 e. The Morgan fingerprint density at radius 2 is 1.62 bits per heavy atom. The molecule has 5 nitrogen and oxygen atoms in total. The van der Waals surface area contributed by atoms with Crippen molar-refractivity contribution in [2.45, 2.75) is 32.4 Å². The Hall–Kier alpha value is -3.73. The first-order valence-electron chi connectivity index (χ1n) is 11.0. The maximum absolute atomic E-state index is 13.3. The van der Waals surface area contributed by atoms with Crippen LogP contribution in [0.25, 0.3) is 0 Å². The number of aliphatic imine (C=N–C) groups is 1. The molecule has 1 unspecified atom stereocenters. The Bertz CT molecular complexity index is 1110. The van der Waals surface area contributed by atoms with E-state index in [1.54, 1.807) is 4.90 Å². The molecule has 0 saturated heterocycles. The first kappa shape index (κ1) is 21.5. The third kappa shape index (κ3) is 4.62. The number of rotatable bonds is 7. The van der Waals surface area contributed by atoms with E-state index in [-0.39, 0.29) is 18.4 Å². The van der Waals surface area contributed by atoms with Crippen LogP contribution >= 0.6 is 0 Å². The number of amides is 2. The van der Waals surface area contributed by atoms with Gasteiger partial charge in [0.25, 0.3) is 0 Å². The molecule has 0 aliphatic carbocycles. The standard InChI is InChI=1S/C27H27N3O2/c1-2-11-24(27(32)29-18-20-12-5-3-6-13-20)30-23-17-10-9-16-22(23)26(28-19-25(30)31)21-14-7-4-8-15-21/h3-10,12-17,24H,2,11,18-19H2,1H3,(H,29,32). The molecule has 1 atom stereocenters. The van der Waals surface area contributed by atoms with Gasteiger partial charge >= 0.3 is 0 Å². The second-order valence-electron chi connectivity index (χ2n) is 7.82. The van der Waals surface area contributed by atoms with E-state index < -0.39 is 6.04 Å². The van der Waals surface area contributed by atoms with Gasteiger partial charge in [0.05, 0.1) is 11.4 Å². The minimum atomic E-state index is -0.595. The maximum atomic E-state index is 13.3. The molecule has 1 aliphatic heterocycles. The zero-order valence-corrected chi connectivity index (χ0v) is 18.2. The first-order valence-corrected chi connectivity index (χ1v) is 11.0. The molecular formula is C27H27N3O2. The summed E-state index contributed by atoms with van der Waals surface area (Å²) in [7, 11) is 0. The van der Waals surface area contributed by atoms with Gasteiger partial charge in [-0.05, 0) is 18.1 Å². The van der Waals surface area contributed by atoms with Gasteiger partial charge in [-0.15, -0.1) is 0 Å². The Balaban J connectivity index is 1.68. The second kappa shape index (κ2) is 10.1. The largest absolute Gasteiger partial charge is 0.350 e. The highest BCUT2D eigenvalue weighted by molar-refractivity contribution is 6.20. The molecule has 3 aromatic rings. The summed E-state index contributed by atoms with van der Waals surface area (Å²) in [6.45, 7) is 2.46. The summed E-state index contributed by atoms with van der Waals surface area (Å²) in [5, 5.41) is 3.03. The highest BCUT2D eigenvalue weighted by Gasteiger charge is 2.34. The number of nitrogens with one attached hydrogen (secondary N) is 1. The molecule has 4 rings (SSSR count). The number of benzodiazepines with no additional fused rings is 1. The summed E-state index contributed by atoms with van der Waals surface area (Å²) in [5.74, 6) is -0.321. The number of anilines is 1. The SMILES string of the molecule is CCCC(C(=O)NCc1ccccc1)N1C(=O)CN=C(c2ccccc2)c2ccccc21. The predicted molar refractivity (Wildman–Crippen MR) is 128 cm³/mol. The molecule has 1 N–H and O–H groups in total. The Morgan fingerprint density at radius 1 is 0.969 bits per heavy atom. The average Bonchev–Trinajstić information content (AvgIpc) is 2.98. The highest BCUT2D eigenvalue weighted by atomic mass is 16.2. The quantitative estimate of drug-likeness (QED) is 0.612. The number of hydrogen-bond acceptors (Lipinski definition) is 3. The second-order valence-corrected chi connectivity index (χ2v) is 7.82. The van der Waals surface area contributed by atoms with Crippen molar-refractivity contribution in [3.63, 3.8) is 0 Å². The van der Waals surface area contributed by atoms with E-state index in [9.17, 15) is 9.59 Å². The van der Waals surface area contributed by atoms with Crippen molar-refractivity contribution in [3.8, 4) is 0 Å². The molecule has 5 heteroatoms. The number of hydrogen-bond donors (Lipinski definition) is 1. The number of nitrogens with zero attached hydrogens (tertiary/aromatic N) is 2. The molecule has 0 spiro atoms. The lowest BCUT2D eigenvalue weighted by atomic mass is 9.99. The molecule has 0 fully saturated rings. The maximum Gasteiger partial charge on any atom is 0.249 e. The van der Waals surface area contributed by atoms with E-state index in [1.807, 2.05) is 91.9 Å². The Morgan fingerprint density at radius 3 is 2.34 bits per heavy atom. The Kier molecular flexibility index (Phi) is 6.75. The first-order chi connectivity index (χ1) is 15.7. The lowest BCUT2D eigenvalue weighted by Gasteiger charge is -2.31. The summed E-state index contributed by atoms with van der Waals surface area (Å²) in [6.07, 6.45) is 1.35. The monoisotopic (exact) mass is 425 g/mol. The molecule has 0 aromatic heterocycles. The zero-order valence-electron chi connectivity index (χ0n) is 18.2. The molecule has 3 aromatic carbocycles. The van der Waals surface area contributed by atoms with Gasteiger partial charge < -0.3 is 5.32 Å². The number of carbonyl (C=O) groups is 2. The van der Waals surface area contributed by atoms with Crippen LogP contribution < -0.4 is 10.2 Å². The van der Waals surface area contributed by atoms with Crippen molar-refractivity contribution >= 4 is 23.2 Å². The summed E-state index contributed by atoms with van der Waals surface area (Å²) in [6, 6.07) is 26.8. The van der Waals surface area contributed by atoms with Gasteiger partial charge in [-0.25, -0.2) is 0 Å². The molecule has 1 aliphatic rings. The molecular weight excluding hydrogens is 398 g/mol. The van der Waals surface area contributed by atoms with Crippen molar-refractivity contribution in [3.05, 3.63) is 102 Å². The average molecular weight is 426 g/mol. The van der Waals surface area contributed by atoms with E-state index >= 15 is 0 Å². The normalized spacial score (nSPS) is 14.2. The molecule has 0 radical (unpaired) electrons. The molecule has 0 bridgehead atoms. The number of carbonyl (C=O) groups excluding carboxylic acids is 2. The van der Waals surface area contributed by atoms with Gasteiger partial charge in [0.15, 0.2) is 0 Å². The van der Waals surface area contributed by atoms with Crippen LogP contribution in [-0.4, -0.2) is 30.1 Å². The molecule has 0 saturated carbocycles. The van der Waals surface area contributed by atoms with E-state index in [2.05, 4.69) is 10.3 Å². The van der Waals surface area contributed by atoms with Crippen molar-refractivity contribution < 1.29 is 9.59 Å². The van der Waals surface area contributed by atoms with Crippen molar-refractivity contribution in [2.75, 3.05) is 11.4 Å². The molecule has 162 valence electrons. The Labute approximate surface area is 188 Å². The van der Waals surface area contributed by atoms with E-state index in [4.69, 9.17) is 0 Å². The topological polar surface area (TPSA) is 61.8 Å². The molecule has 1 heterocycles. The van der Waals surface area contributed by atoms with Gasteiger partial charge in [0, 0.05) is 17.7 Å². The van der Waals surface area contributed by atoms with Crippen LogP contribution in [0.3, 0.4) is 0 Å². The van der Waals surface area contributed by atoms with E-state index in [0.717, 1.165) is 34.5 Å². The minimum Gasteiger partial charge on any atom is -0.350 e. The van der Waals surface area contributed by atoms with Gasteiger partial charge in [-0.1, -0.05) is 92.2 Å². The van der Waals surface area contributed by atoms with Crippen molar-refractivity contribution in [2.24, 2.45) is 4.99 Å². The summed E-state index contributed by atoms with van der Waals surface area (Å²) >= 11 is 0. The van der Waals surface area contributed by atoms with Crippen LogP contribution in [0.2, 0.25) is 0 Å². The van der Waals surface area contributed by atoms with Gasteiger partial charge in [-0.3, -0.25) is 19.5 Å². The van der Waals surface area contributed by atoms with Gasteiger partial charge in [0.2, 0.25) is 11.8 Å². The third-order valence-electron chi connectivity index (χ3n) is 5.59. The summed E-state index contributed by atoms with van der Waals surface area (Å²) in [4.78, 5) is 32.9. The fourth-order valence-electron chi connectivity index (χ4n) is 4.06. The van der Waals surface area contributed by atoms with Crippen LogP contribution in [0.15, 0.2) is 89.9 Å². The van der Waals surface area contributed by atoms with Crippen LogP contribution in [0.4, 0.5) is 5.69 Å². The van der Waals surface area contributed by atoms with Gasteiger partial charge in [0.1, 0.15) is 12.6 Å². The zero-order chi connectivity index (χ0) is 22.3. The molecule has 2 amide bonds. The van der Waals surface area contributed by atoms with Gasteiger partial charge in [-0.2, -0.15) is 0 Å². The van der Waals surface area contributed by atoms with Crippen LogP contribution in [-0.2, 0) is 16.1 Å². The summed E-state index contributed by atoms with van der Waals surface area (Å²) < 4.78 is 0. The van der Waals surface area contributed by atoms with Crippen molar-refractivity contribution in [1.82, 2.24) is 5.32 Å². The van der Waals surface area contributed by atoms with Crippen LogP contribution in [0, 0.1) is 0 Å². The lowest BCUT2D eigenvalue weighted by Crippen LogP contribution is -2.50. The minimum absolute atomic E-state index is 0.00505. The highest BCUT2D eigenvalue weighted by Crippen LogP contribution is 2.29. The van der Waals surface area contributed by atoms with Crippen LogP contribution in [0.5, 0.6) is 0 Å². The third-order valence-corrected chi connectivity index (χ3v) is 5.59.